The molecule has 0 heterocycles. The van der Waals surface area contributed by atoms with Gasteiger partial charge in [-0.25, -0.2) is 8.78 Å². The number of halogens is 3. The summed E-state index contributed by atoms with van der Waals surface area (Å²) in [6.45, 7) is 5.01. The molecule has 1 saturated carbocycles. The molecule has 1 aromatic carbocycles. The van der Waals surface area contributed by atoms with Crippen LogP contribution in [-0.2, 0) is 4.74 Å². The minimum absolute atomic E-state index is 0.0755. The molecule has 1 aromatic rings. The van der Waals surface area contributed by atoms with Gasteiger partial charge in [0.05, 0.1) is 16.6 Å². The number of ether oxygens (including phenoxy) is 1. The molecule has 2 nitrogen and oxygen atoms in total. The maximum Gasteiger partial charge on any atom is 0.145 e. The molecule has 2 unspecified atom stereocenters. The fourth-order valence-electron chi connectivity index (χ4n) is 2.55. The van der Waals surface area contributed by atoms with Gasteiger partial charge in [-0.05, 0) is 60.3 Å². The predicted molar refractivity (Wildman–Crippen MR) is 78.6 cm³/mol. The summed E-state index contributed by atoms with van der Waals surface area (Å²) in [5, 5.41) is 3.19. The third-order valence-corrected chi connectivity index (χ3v) is 4.20. The predicted octanol–water partition coefficient (Wildman–Crippen LogP) is 4.19. The van der Waals surface area contributed by atoms with Crippen LogP contribution in [0.2, 0.25) is 0 Å². The van der Waals surface area contributed by atoms with Gasteiger partial charge in [-0.1, -0.05) is 6.92 Å². The summed E-state index contributed by atoms with van der Waals surface area (Å²) < 4.78 is 34.5. The molecule has 1 fully saturated rings. The summed E-state index contributed by atoms with van der Waals surface area (Å²) in [6, 6.07) is 2.23. The zero-order valence-electron chi connectivity index (χ0n) is 11.8. The van der Waals surface area contributed by atoms with Crippen molar-refractivity contribution in [3.63, 3.8) is 0 Å². The van der Waals surface area contributed by atoms with Crippen LogP contribution in [-0.4, -0.2) is 19.3 Å². The molecule has 0 radical (unpaired) electrons. The molecule has 0 spiro atoms. The second-order valence-electron chi connectivity index (χ2n) is 5.05. The quantitative estimate of drug-likeness (QED) is 0.746. The highest BCUT2D eigenvalue weighted by Crippen LogP contribution is 2.41. The van der Waals surface area contributed by atoms with E-state index in [1.807, 2.05) is 13.8 Å². The first-order valence-corrected chi connectivity index (χ1v) is 7.87. The Morgan fingerprint density at radius 3 is 2.60 bits per heavy atom. The molecular formula is C15H20BrF2NO. The van der Waals surface area contributed by atoms with E-state index in [9.17, 15) is 8.78 Å². The van der Waals surface area contributed by atoms with E-state index in [4.69, 9.17) is 4.74 Å². The van der Waals surface area contributed by atoms with Crippen molar-refractivity contribution in [1.29, 1.82) is 0 Å². The Morgan fingerprint density at radius 2 is 2.05 bits per heavy atom. The SMILES string of the molecule is CCNC(c1c(F)ccc(Br)c1F)C(OCC)C1CC1. The van der Waals surface area contributed by atoms with Crippen molar-refractivity contribution in [1.82, 2.24) is 5.32 Å². The first-order valence-electron chi connectivity index (χ1n) is 7.08. The lowest BCUT2D eigenvalue weighted by Gasteiger charge is -2.29. The zero-order valence-corrected chi connectivity index (χ0v) is 13.3. The smallest absolute Gasteiger partial charge is 0.145 e. The van der Waals surface area contributed by atoms with Gasteiger partial charge in [0.1, 0.15) is 11.6 Å². The summed E-state index contributed by atoms with van der Waals surface area (Å²) in [5.41, 5.74) is 0.0755. The van der Waals surface area contributed by atoms with E-state index in [2.05, 4.69) is 21.2 Å². The second kappa shape index (κ2) is 6.96. The van der Waals surface area contributed by atoms with Crippen LogP contribution in [0.15, 0.2) is 16.6 Å². The van der Waals surface area contributed by atoms with Gasteiger partial charge in [0.25, 0.3) is 0 Å². The van der Waals surface area contributed by atoms with Crippen molar-refractivity contribution in [2.24, 2.45) is 5.92 Å². The van der Waals surface area contributed by atoms with Crippen LogP contribution in [0.4, 0.5) is 8.78 Å². The van der Waals surface area contributed by atoms with Crippen molar-refractivity contribution in [3.8, 4) is 0 Å². The topological polar surface area (TPSA) is 21.3 Å². The highest BCUT2D eigenvalue weighted by atomic mass is 79.9. The van der Waals surface area contributed by atoms with Gasteiger partial charge in [-0.3, -0.25) is 0 Å². The maximum atomic E-state index is 14.3. The Bertz CT molecular complexity index is 465. The van der Waals surface area contributed by atoms with Gasteiger partial charge in [0.15, 0.2) is 0 Å². The summed E-state index contributed by atoms with van der Waals surface area (Å²) in [4.78, 5) is 0. The van der Waals surface area contributed by atoms with Crippen LogP contribution < -0.4 is 5.32 Å². The van der Waals surface area contributed by atoms with Crippen LogP contribution in [0.3, 0.4) is 0 Å². The minimum Gasteiger partial charge on any atom is -0.376 e. The number of benzene rings is 1. The van der Waals surface area contributed by atoms with Crippen LogP contribution >= 0.6 is 15.9 Å². The number of likely N-dealkylation sites (N-methyl/N-ethyl adjacent to an activating group) is 1. The first kappa shape index (κ1) is 15.9. The first-order chi connectivity index (χ1) is 9.60. The summed E-state index contributed by atoms with van der Waals surface area (Å²) in [7, 11) is 0. The molecule has 2 atom stereocenters. The van der Waals surface area contributed by atoms with E-state index in [1.165, 1.54) is 12.1 Å². The van der Waals surface area contributed by atoms with Gasteiger partial charge in [0.2, 0.25) is 0 Å². The standard InChI is InChI=1S/C15H20BrF2NO/c1-3-19-14(15(20-4-2)9-5-6-9)12-11(17)8-7-10(16)13(12)18/h7-9,14-15,19H,3-6H2,1-2H3. The number of nitrogens with one attached hydrogen (secondary N) is 1. The van der Waals surface area contributed by atoms with E-state index in [-0.39, 0.29) is 16.1 Å². The van der Waals surface area contributed by atoms with Gasteiger partial charge in [-0.2, -0.15) is 0 Å². The van der Waals surface area contributed by atoms with Crippen molar-refractivity contribution < 1.29 is 13.5 Å². The Labute approximate surface area is 127 Å². The van der Waals surface area contributed by atoms with E-state index >= 15 is 0 Å². The third-order valence-electron chi connectivity index (χ3n) is 3.59. The highest BCUT2D eigenvalue weighted by Gasteiger charge is 2.39. The summed E-state index contributed by atoms with van der Waals surface area (Å²) >= 11 is 3.13. The fraction of sp³-hybridized carbons (Fsp3) is 0.600. The lowest BCUT2D eigenvalue weighted by atomic mass is 9.96. The van der Waals surface area contributed by atoms with Gasteiger partial charge in [-0.15, -0.1) is 0 Å². The molecule has 0 aliphatic heterocycles. The number of hydrogen-bond donors (Lipinski definition) is 1. The molecule has 20 heavy (non-hydrogen) atoms. The molecule has 5 heteroatoms. The Morgan fingerprint density at radius 1 is 1.35 bits per heavy atom. The summed E-state index contributed by atoms with van der Waals surface area (Å²) in [6.07, 6.45) is 1.94. The summed E-state index contributed by atoms with van der Waals surface area (Å²) in [5.74, 6) is -0.680. The molecule has 112 valence electrons. The number of hydrogen-bond acceptors (Lipinski definition) is 2. The van der Waals surface area contributed by atoms with Crippen molar-refractivity contribution in [2.75, 3.05) is 13.2 Å². The van der Waals surface area contributed by atoms with E-state index in [0.29, 0.717) is 19.1 Å². The van der Waals surface area contributed by atoms with Crippen molar-refractivity contribution >= 4 is 15.9 Å². The number of rotatable bonds is 7. The zero-order chi connectivity index (χ0) is 14.7. The normalized spacial score (nSPS) is 18.1. The average Bonchev–Trinajstić information content (AvgIpc) is 3.24. The molecule has 2 rings (SSSR count). The second-order valence-corrected chi connectivity index (χ2v) is 5.90. The Kier molecular flexibility index (Phi) is 5.52. The molecule has 0 saturated heterocycles. The fourth-order valence-corrected chi connectivity index (χ4v) is 2.90. The molecule has 1 aliphatic rings. The molecule has 0 bridgehead atoms. The van der Waals surface area contributed by atoms with E-state index < -0.39 is 17.7 Å². The van der Waals surface area contributed by atoms with E-state index in [1.54, 1.807) is 0 Å². The monoisotopic (exact) mass is 347 g/mol. The van der Waals surface area contributed by atoms with Gasteiger partial charge < -0.3 is 10.1 Å². The van der Waals surface area contributed by atoms with E-state index in [0.717, 1.165) is 12.8 Å². The Balaban J connectivity index is 2.38. The van der Waals surface area contributed by atoms with Crippen molar-refractivity contribution in [3.05, 3.63) is 33.8 Å². The largest absolute Gasteiger partial charge is 0.376 e. The molecular weight excluding hydrogens is 328 g/mol. The Hall–Kier alpha value is -0.520. The highest BCUT2D eigenvalue weighted by molar-refractivity contribution is 9.10. The lowest BCUT2D eigenvalue weighted by Crippen LogP contribution is -2.36. The molecule has 1 N–H and O–H groups in total. The minimum atomic E-state index is -0.540. The lowest BCUT2D eigenvalue weighted by molar-refractivity contribution is 0.0171. The maximum absolute atomic E-state index is 14.3. The average molecular weight is 348 g/mol. The van der Waals surface area contributed by atoms with Gasteiger partial charge >= 0.3 is 0 Å². The van der Waals surface area contributed by atoms with Crippen molar-refractivity contribution in [2.45, 2.75) is 38.8 Å². The molecule has 0 aromatic heterocycles. The third kappa shape index (κ3) is 3.38. The van der Waals surface area contributed by atoms with Crippen LogP contribution in [0.1, 0.15) is 38.3 Å². The van der Waals surface area contributed by atoms with Crippen LogP contribution in [0.5, 0.6) is 0 Å². The van der Waals surface area contributed by atoms with Crippen LogP contribution in [0, 0.1) is 17.6 Å². The van der Waals surface area contributed by atoms with Crippen LogP contribution in [0.25, 0.3) is 0 Å². The van der Waals surface area contributed by atoms with Gasteiger partial charge in [0, 0.05) is 12.2 Å². The molecule has 0 amide bonds. The molecule has 1 aliphatic carbocycles.